The number of hydrogen-bond acceptors (Lipinski definition) is 7. The van der Waals surface area contributed by atoms with Crippen LogP contribution in [0.3, 0.4) is 0 Å². The number of nitriles is 1. The molecule has 1 aliphatic rings. The fourth-order valence-electron chi connectivity index (χ4n) is 4.63. The van der Waals surface area contributed by atoms with E-state index in [1.165, 1.54) is 18.3 Å². The SMILES string of the molecule is [B]C(Nc1cc(Cl)c2ncc(C#N)c(Nc3ccccc3OC)c2c1)(c1ccc(F)cc1)c1cn(C2CC2)nn1. The first-order valence-corrected chi connectivity index (χ1v) is 12.9. The minimum atomic E-state index is -1.38. The van der Waals surface area contributed by atoms with E-state index in [1.54, 1.807) is 36.2 Å². The summed E-state index contributed by atoms with van der Waals surface area (Å²) in [5.41, 5.74) is 2.16. The van der Waals surface area contributed by atoms with Crippen molar-refractivity contribution in [2.24, 2.45) is 0 Å². The zero-order valence-corrected chi connectivity index (χ0v) is 22.2. The number of rotatable bonds is 8. The van der Waals surface area contributed by atoms with Crippen molar-refractivity contribution < 1.29 is 9.13 Å². The molecule has 6 rings (SSSR count). The molecule has 5 aromatic rings. The monoisotopic (exact) mass is 549 g/mol. The van der Waals surface area contributed by atoms with Crippen LogP contribution in [0.4, 0.5) is 21.5 Å². The van der Waals surface area contributed by atoms with Crippen LogP contribution in [-0.2, 0) is 5.44 Å². The van der Waals surface area contributed by atoms with Crippen LogP contribution in [0, 0.1) is 17.1 Å². The predicted octanol–water partition coefficient (Wildman–Crippen LogP) is 6.06. The summed E-state index contributed by atoms with van der Waals surface area (Å²) in [6.07, 6.45) is 5.34. The van der Waals surface area contributed by atoms with Gasteiger partial charge in [-0.1, -0.05) is 41.1 Å². The molecule has 40 heavy (non-hydrogen) atoms. The number of benzene rings is 3. The Hall–Kier alpha value is -4.62. The molecule has 0 saturated heterocycles. The molecule has 3 aromatic carbocycles. The van der Waals surface area contributed by atoms with Crippen LogP contribution in [0.2, 0.25) is 5.02 Å². The van der Waals surface area contributed by atoms with E-state index in [4.69, 9.17) is 24.2 Å². The summed E-state index contributed by atoms with van der Waals surface area (Å²) in [7, 11) is 8.59. The van der Waals surface area contributed by atoms with Gasteiger partial charge in [-0.05, 0) is 54.8 Å². The molecule has 2 N–H and O–H groups in total. The second-order valence-electron chi connectivity index (χ2n) is 9.59. The van der Waals surface area contributed by atoms with Crippen molar-refractivity contribution in [3.05, 3.63) is 101 Å². The van der Waals surface area contributed by atoms with Gasteiger partial charge in [0.2, 0.25) is 0 Å². The topological polar surface area (TPSA) is 101 Å². The molecule has 1 fully saturated rings. The summed E-state index contributed by atoms with van der Waals surface area (Å²) in [6, 6.07) is 19.3. The lowest BCUT2D eigenvalue weighted by atomic mass is 9.69. The van der Waals surface area contributed by atoms with Gasteiger partial charge in [-0.15, -0.1) is 5.10 Å². The molecule has 1 atom stereocenters. The fourth-order valence-corrected chi connectivity index (χ4v) is 4.90. The second kappa shape index (κ2) is 10.2. The molecule has 2 radical (unpaired) electrons. The molecule has 2 aromatic heterocycles. The highest BCUT2D eigenvalue weighted by atomic mass is 35.5. The minimum absolute atomic E-state index is 0.299. The Morgan fingerprint density at radius 3 is 2.67 bits per heavy atom. The fraction of sp³-hybridized carbons (Fsp3) is 0.172. The Bertz CT molecular complexity index is 1770. The van der Waals surface area contributed by atoms with Gasteiger partial charge in [-0.25, -0.2) is 9.07 Å². The number of hydrogen-bond donors (Lipinski definition) is 2. The summed E-state index contributed by atoms with van der Waals surface area (Å²) >= 11 is 6.73. The highest BCUT2D eigenvalue weighted by molar-refractivity contribution is 6.36. The molecule has 1 aliphatic carbocycles. The number of fused-ring (bicyclic) bond motifs is 1. The maximum absolute atomic E-state index is 13.8. The lowest BCUT2D eigenvalue weighted by Gasteiger charge is -2.32. The van der Waals surface area contributed by atoms with Crippen LogP contribution < -0.4 is 15.4 Å². The van der Waals surface area contributed by atoms with Crippen molar-refractivity contribution in [1.29, 1.82) is 5.26 Å². The number of nitrogens with one attached hydrogen (secondary N) is 2. The molecule has 8 nitrogen and oxygen atoms in total. The smallest absolute Gasteiger partial charge is 0.142 e. The number of aromatic nitrogens is 4. The third-order valence-corrected chi connectivity index (χ3v) is 7.18. The normalized spacial score (nSPS) is 14.3. The highest BCUT2D eigenvalue weighted by Crippen LogP contribution is 2.40. The first kappa shape index (κ1) is 25.7. The molecule has 11 heteroatoms. The number of nitrogens with zero attached hydrogens (tertiary/aromatic N) is 5. The Kier molecular flexibility index (Phi) is 6.52. The molecule has 2 heterocycles. The number of halogens is 2. The molecular weight excluding hydrogens is 528 g/mol. The summed E-state index contributed by atoms with van der Waals surface area (Å²) in [6.45, 7) is 0. The van der Waals surface area contributed by atoms with Gasteiger partial charge >= 0.3 is 0 Å². The summed E-state index contributed by atoms with van der Waals surface area (Å²) in [5.74, 6) is 0.219. The zero-order valence-electron chi connectivity index (χ0n) is 21.4. The van der Waals surface area contributed by atoms with Crippen molar-refractivity contribution >= 4 is 47.4 Å². The van der Waals surface area contributed by atoms with E-state index in [0.717, 1.165) is 12.8 Å². The Morgan fingerprint density at radius 1 is 1.18 bits per heavy atom. The van der Waals surface area contributed by atoms with E-state index in [2.05, 4.69) is 32.0 Å². The lowest BCUT2D eigenvalue weighted by molar-refractivity contribution is 0.417. The zero-order chi connectivity index (χ0) is 27.9. The molecule has 1 saturated carbocycles. The summed E-state index contributed by atoms with van der Waals surface area (Å²) in [5, 5.41) is 26.2. The van der Waals surface area contributed by atoms with Gasteiger partial charge < -0.3 is 15.4 Å². The van der Waals surface area contributed by atoms with Gasteiger partial charge in [-0.3, -0.25) is 4.98 Å². The van der Waals surface area contributed by atoms with Crippen molar-refractivity contribution in [1.82, 2.24) is 20.0 Å². The van der Waals surface area contributed by atoms with E-state index in [0.29, 0.717) is 61.6 Å². The van der Waals surface area contributed by atoms with Crippen molar-refractivity contribution in [2.75, 3.05) is 17.7 Å². The Morgan fingerprint density at radius 2 is 1.95 bits per heavy atom. The van der Waals surface area contributed by atoms with Crippen LogP contribution in [0.15, 0.2) is 73.1 Å². The van der Waals surface area contributed by atoms with Gasteiger partial charge in [0.25, 0.3) is 0 Å². The molecule has 0 aliphatic heterocycles. The molecular formula is C29H22BClFN7O. The van der Waals surface area contributed by atoms with Gasteiger partial charge in [-0.2, -0.15) is 5.26 Å². The highest BCUT2D eigenvalue weighted by Gasteiger charge is 2.34. The number of anilines is 3. The van der Waals surface area contributed by atoms with Crippen molar-refractivity contribution in [3.8, 4) is 11.8 Å². The molecule has 196 valence electrons. The van der Waals surface area contributed by atoms with E-state index in [-0.39, 0.29) is 5.82 Å². The van der Waals surface area contributed by atoms with E-state index in [1.807, 2.05) is 30.3 Å². The van der Waals surface area contributed by atoms with Crippen LogP contribution in [0.5, 0.6) is 5.75 Å². The summed E-state index contributed by atoms with van der Waals surface area (Å²) < 4.78 is 21.1. The van der Waals surface area contributed by atoms with Gasteiger partial charge in [0.1, 0.15) is 31.2 Å². The molecule has 0 spiro atoms. The van der Waals surface area contributed by atoms with Crippen LogP contribution >= 0.6 is 11.6 Å². The van der Waals surface area contributed by atoms with Gasteiger partial charge in [0.15, 0.2) is 0 Å². The minimum Gasteiger partial charge on any atom is -0.495 e. The van der Waals surface area contributed by atoms with E-state index < -0.39 is 5.44 Å². The van der Waals surface area contributed by atoms with Crippen molar-refractivity contribution in [2.45, 2.75) is 24.3 Å². The first-order valence-electron chi connectivity index (χ1n) is 12.6. The number of pyridine rings is 1. The van der Waals surface area contributed by atoms with Crippen LogP contribution in [0.1, 0.15) is 35.7 Å². The van der Waals surface area contributed by atoms with Crippen LogP contribution in [0.25, 0.3) is 10.9 Å². The first-order chi connectivity index (χ1) is 19.4. The molecule has 1 unspecified atom stereocenters. The molecule has 0 bridgehead atoms. The van der Waals surface area contributed by atoms with Gasteiger partial charge in [0.05, 0.1) is 52.3 Å². The van der Waals surface area contributed by atoms with E-state index >= 15 is 0 Å². The number of ether oxygens (including phenoxy) is 1. The number of para-hydroxylation sites is 2. The third kappa shape index (κ3) is 4.69. The quantitative estimate of drug-likeness (QED) is 0.227. The average Bonchev–Trinajstić information content (AvgIpc) is 3.69. The average molecular weight is 550 g/mol. The largest absolute Gasteiger partial charge is 0.495 e. The van der Waals surface area contributed by atoms with E-state index in [9.17, 15) is 9.65 Å². The summed E-state index contributed by atoms with van der Waals surface area (Å²) in [4.78, 5) is 4.44. The van der Waals surface area contributed by atoms with Crippen molar-refractivity contribution in [3.63, 3.8) is 0 Å². The maximum Gasteiger partial charge on any atom is 0.142 e. The lowest BCUT2D eigenvalue weighted by Crippen LogP contribution is -2.37. The predicted molar refractivity (Wildman–Crippen MR) is 153 cm³/mol. The van der Waals surface area contributed by atoms with Gasteiger partial charge in [0, 0.05) is 17.3 Å². The third-order valence-electron chi connectivity index (χ3n) is 6.89. The standard InChI is InChI=1S/C29H22BClFN7O/c1-40-25-5-3-2-4-24(25)35-27-17(14-33)15-34-28-22(27)12-20(13-23(28)31)36-29(30,18-6-8-19(32)9-7-18)26-16-39(38-37-26)21-10-11-21/h2-9,12-13,15-16,21,36H,10-11H2,1H3,(H,34,35). The second-order valence-corrected chi connectivity index (χ2v) is 10.0. The molecule has 0 amide bonds. The maximum atomic E-state index is 13.8. The Labute approximate surface area is 236 Å². The van der Waals surface area contributed by atoms with Crippen LogP contribution in [-0.4, -0.2) is 34.9 Å². The Balaban J connectivity index is 1.48. The number of methoxy groups -OCH3 is 1.